The van der Waals surface area contributed by atoms with Crippen molar-refractivity contribution < 1.29 is 9.32 Å². The Hall–Kier alpha value is -2.14. The lowest BCUT2D eigenvalue weighted by atomic mass is 9.78. The minimum absolute atomic E-state index is 0.130. The number of aromatic nitrogens is 1. The highest BCUT2D eigenvalue weighted by Crippen LogP contribution is 2.40. The van der Waals surface area contributed by atoms with Gasteiger partial charge in [0.1, 0.15) is 5.76 Å². The summed E-state index contributed by atoms with van der Waals surface area (Å²) in [6, 6.07) is 12.6. The van der Waals surface area contributed by atoms with Gasteiger partial charge in [-0.3, -0.25) is 4.79 Å². The molecule has 1 aromatic heterocycles. The van der Waals surface area contributed by atoms with Gasteiger partial charge in [-0.25, -0.2) is 0 Å². The normalized spacial score (nSPS) is 26.4. The summed E-state index contributed by atoms with van der Waals surface area (Å²) < 4.78 is 5.31. The molecule has 2 fully saturated rings. The van der Waals surface area contributed by atoms with Crippen LogP contribution >= 0.6 is 0 Å². The van der Waals surface area contributed by atoms with Crippen LogP contribution in [0.5, 0.6) is 0 Å². The maximum absolute atomic E-state index is 12.6. The lowest BCUT2D eigenvalue weighted by Gasteiger charge is -2.35. The molecule has 1 aromatic carbocycles. The average molecular weight is 339 g/mol. The highest BCUT2D eigenvalue weighted by atomic mass is 16.5. The van der Waals surface area contributed by atoms with Crippen molar-refractivity contribution in [1.82, 2.24) is 10.5 Å². The van der Waals surface area contributed by atoms with Crippen molar-refractivity contribution in [1.29, 1.82) is 0 Å². The number of nitrogens with zero attached hydrogens (tertiary/aromatic N) is 1. The van der Waals surface area contributed by atoms with Gasteiger partial charge in [-0.05, 0) is 50.0 Å². The monoisotopic (exact) mass is 339 g/mol. The Morgan fingerprint density at radius 1 is 1.20 bits per heavy atom. The van der Waals surface area contributed by atoms with Gasteiger partial charge in [-0.15, -0.1) is 0 Å². The van der Waals surface area contributed by atoms with Crippen LogP contribution in [0.15, 0.2) is 40.9 Å². The molecule has 132 valence electrons. The van der Waals surface area contributed by atoms with Gasteiger partial charge in [0.2, 0.25) is 0 Å². The van der Waals surface area contributed by atoms with Gasteiger partial charge >= 0.3 is 0 Å². The van der Waals surface area contributed by atoms with E-state index in [9.17, 15) is 4.79 Å². The molecule has 0 spiro atoms. The fourth-order valence-electron chi connectivity index (χ4n) is 3.83. The van der Waals surface area contributed by atoms with E-state index in [1.54, 1.807) is 6.07 Å². The summed E-state index contributed by atoms with van der Waals surface area (Å²) in [6.07, 6.45) is 6.00. The summed E-state index contributed by atoms with van der Waals surface area (Å²) in [4.78, 5) is 12.6. The van der Waals surface area contributed by atoms with Crippen LogP contribution < -0.4 is 11.1 Å². The Morgan fingerprint density at radius 2 is 2.00 bits per heavy atom. The molecule has 5 nitrogen and oxygen atoms in total. The van der Waals surface area contributed by atoms with Crippen molar-refractivity contribution in [2.24, 2.45) is 11.7 Å². The molecule has 0 saturated heterocycles. The zero-order valence-electron chi connectivity index (χ0n) is 14.4. The third kappa shape index (κ3) is 3.93. The van der Waals surface area contributed by atoms with Crippen molar-refractivity contribution in [2.45, 2.75) is 56.5 Å². The molecule has 2 aliphatic rings. The molecule has 4 rings (SSSR count). The number of nitrogens with one attached hydrogen (secondary N) is 1. The first-order valence-electron chi connectivity index (χ1n) is 9.26. The first-order valence-corrected chi connectivity index (χ1v) is 9.26. The van der Waals surface area contributed by atoms with E-state index < -0.39 is 0 Å². The summed E-state index contributed by atoms with van der Waals surface area (Å²) in [5.74, 6) is 1.53. The van der Waals surface area contributed by atoms with Gasteiger partial charge in [-0.1, -0.05) is 35.5 Å². The second-order valence-electron chi connectivity index (χ2n) is 7.49. The van der Waals surface area contributed by atoms with E-state index >= 15 is 0 Å². The summed E-state index contributed by atoms with van der Waals surface area (Å²) in [7, 11) is 0. The predicted molar refractivity (Wildman–Crippen MR) is 95.2 cm³/mol. The molecule has 0 radical (unpaired) electrons. The molecule has 2 aliphatic carbocycles. The van der Waals surface area contributed by atoms with Crippen LogP contribution in [0.1, 0.15) is 59.8 Å². The third-order valence-electron chi connectivity index (χ3n) is 5.42. The molecule has 25 heavy (non-hydrogen) atoms. The number of amides is 1. The van der Waals surface area contributed by atoms with E-state index in [1.165, 1.54) is 5.56 Å². The van der Waals surface area contributed by atoms with Crippen molar-refractivity contribution in [2.75, 3.05) is 0 Å². The largest absolute Gasteiger partial charge is 0.360 e. The molecule has 0 bridgehead atoms. The Labute approximate surface area is 148 Å². The van der Waals surface area contributed by atoms with E-state index in [0.717, 1.165) is 44.3 Å². The molecule has 0 aliphatic heterocycles. The highest BCUT2D eigenvalue weighted by Gasteiger charge is 2.32. The number of nitrogens with two attached hydrogens (primary N) is 1. The molecule has 1 heterocycles. The van der Waals surface area contributed by atoms with Gasteiger partial charge in [0.05, 0.1) is 0 Å². The van der Waals surface area contributed by atoms with E-state index in [1.807, 2.05) is 6.07 Å². The Balaban J connectivity index is 1.43. The maximum atomic E-state index is 12.6. The van der Waals surface area contributed by atoms with Crippen LogP contribution in [0.3, 0.4) is 0 Å². The second-order valence-corrected chi connectivity index (χ2v) is 7.49. The van der Waals surface area contributed by atoms with Crippen LogP contribution in [0, 0.1) is 5.92 Å². The maximum Gasteiger partial charge on any atom is 0.273 e. The van der Waals surface area contributed by atoms with Gasteiger partial charge in [-0.2, -0.15) is 0 Å². The number of rotatable bonds is 5. The second kappa shape index (κ2) is 7.00. The first-order chi connectivity index (χ1) is 12.2. The summed E-state index contributed by atoms with van der Waals surface area (Å²) in [5.41, 5.74) is 7.87. The molecular formula is C20H25N3O2. The quantitative estimate of drug-likeness (QED) is 0.877. The van der Waals surface area contributed by atoms with E-state index in [-0.39, 0.29) is 18.0 Å². The summed E-state index contributed by atoms with van der Waals surface area (Å²) >= 11 is 0. The molecule has 5 heteroatoms. The van der Waals surface area contributed by atoms with Crippen LogP contribution in [0.25, 0.3) is 0 Å². The predicted octanol–water partition coefficient (Wildman–Crippen LogP) is 3.02. The number of hydrogen-bond acceptors (Lipinski definition) is 4. The smallest absolute Gasteiger partial charge is 0.273 e. The van der Waals surface area contributed by atoms with Crippen molar-refractivity contribution >= 4 is 5.91 Å². The van der Waals surface area contributed by atoms with Crippen LogP contribution in [0.2, 0.25) is 0 Å². The lowest BCUT2D eigenvalue weighted by Crippen LogP contribution is -2.47. The highest BCUT2D eigenvalue weighted by molar-refractivity contribution is 5.92. The van der Waals surface area contributed by atoms with Gasteiger partial charge < -0.3 is 15.6 Å². The molecule has 2 saturated carbocycles. The average Bonchev–Trinajstić information content (AvgIpc) is 3.35. The summed E-state index contributed by atoms with van der Waals surface area (Å²) in [6.45, 7) is 0. The zero-order valence-corrected chi connectivity index (χ0v) is 14.4. The number of benzene rings is 1. The van der Waals surface area contributed by atoms with Gasteiger partial charge in [0.15, 0.2) is 5.69 Å². The summed E-state index contributed by atoms with van der Waals surface area (Å²) in [5, 5.41) is 7.14. The number of carbonyl (C=O) groups excluding carboxylic acids is 1. The van der Waals surface area contributed by atoms with Crippen LogP contribution in [0.4, 0.5) is 0 Å². The Kier molecular flexibility index (Phi) is 4.57. The van der Waals surface area contributed by atoms with Crippen molar-refractivity contribution in [3.05, 3.63) is 53.4 Å². The molecule has 3 atom stereocenters. The Bertz CT molecular complexity index is 724. The topological polar surface area (TPSA) is 81.1 Å². The number of hydrogen-bond donors (Lipinski definition) is 2. The third-order valence-corrected chi connectivity index (χ3v) is 5.42. The molecule has 1 amide bonds. The molecule has 1 unspecified atom stereocenters. The van der Waals surface area contributed by atoms with Gasteiger partial charge in [0, 0.05) is 24.1 Å². The first kappa shape index (κ1) is 16.3. The van der Waals surface area contributed by atoms with Crippen LogP contribution in [-0.4, -0.2) is 23.1 Å². The number of carbonyl (C=O) groups is 1. The fraction of sp³-hybridized carbons (Fsp3) is 0.500. The van der Waals surface area contributed by atoms with Crippen molar-refractivity contribution in [3.63, 3.8) is 0 Å². The molecule has 3 N–H and O–H groups in total. The zero-order chi connectivity index (χ0) is 17.2. The Morgan fingerprint density at radius 3 is 2.76 bits per heavy atom. The van der Waals surface area contributed by atoms with E-state index in [0.29, 0.717) is 17.5 Å². The van der Waals surface area contributed by atoms with Crippen LogP contribution in [-0.2, 0) is 6.42 Å². The van der Waals surface area contributed by atoms with Crippen molar-refractivity contribution in [3.8, 4) is 0 Å². The lowest BCUT2D eigenvalue weighted by molar-refractivity contribution is 0.0892. The standard InChI is InChI=1S/C20H25N3O2/c21-16-8-9-17(15(11-16)10-13-4-2-1-3-5-13)22-20(24)18-12-19(25-23-18)14-6-7-14/h1-5,12,14-17H,6-11,21H2,(H,22,24)/t15-,16+,17?/m1/s1. The molecular weight excluding hydrogens is 314 g/mol. The fourth-order valence-corrected chi connectivity index (χ4v) is 3.83. The van der Waals surface area contributed by atoms with E-state index in [2.05, 4.69) is 34.7 Å². The van der Waals surface area contributed by atoms with Gasteiger partial charge in [0.25, 0.3) is 5.91 Å². The minimum Gasteiger partial charge on any atom is -0.360 e. The van der Waals surface area contributed by atoms with E-state index in [4.69, 9.17) is 10.3 Å². The SMILES string of the molecule is N[C@H]1CCC(NC(=O)c2cc(C3CC3)on2)[C@H](Cc2ccccc2)C1. The minimum atomic E-state index is -0.130. The molecule has 2 aromatic rings.